The van der Waals surface area contributed by atoms with Gasteiger partial charge in [-0.05, 0) is 44.2 Å². The maximum absolute atomic E-state index is 13.0. The minimum Gasteiger partial charge on any atom is -0.471 e. The van der Waals surface area contributed by atoms with Crippen molar-refractivity contribution in [3.05, 3.63) is 65.5 Å². The molecule has 31 heavy (non-hydrogen) atoms. The van der Waals surface area contributed by atoms with E-state index in [-0.39, 0.29) is 18.5 Å². The standard InChI is InChI=1S/C22H27FN6O2/c1-3-28-15-18(17(2)24-28)14-26-10-12-27(13-11-26)22(30)21-8-9-29(25-21)16-31-20-6-4-19(23)5-7-20/h4-9,15H,3,10-14,16H2,1-2H3. The topological polar surface area (TPSA) is 68.4 Å². The molecule has 2 aromatic heterocycles. The first-order chi connectivity index (χ1) is 15.0. The summed E-state index contributed by atoms with van der Waals surface area (Å²) in [5.41, 5.74) is 2.70. The Kier molecular flexibility index (Phi) is 6.31. The van der Waals surface area contributed by atoms with Gasteiger partial charge in [-0.25, -0.2) is 9.07 Å². The number of carbonyl (C=O) groups is 1. The monoisotopic (exact) mass is 426 g/mol. The van der Waals surface area contributed by atoms with Crippen LogP contribution in [0.3, 0.4) is 0 Å². The lowest BCUT2D eigenvalue weighted by atomic mass is 10.2. The minimum atomic E-state index is -0.314. The van der Waals surface area contributed by atoms with Crippen LogP contribution < -0.4 is 4.74 Å². The second-order valence-electron chi connectivity index (χ2n) is 7.63. The largest absolute Gasteiger partial charge is 0.471 e. The molecule has 8 nitrogen and oxygen atoms in total. The number of carbonyl (C=O) groups excluding carboxylic acids is 1. The zero-order chi connectivity index (χ0) is 21.8. The predicted octanol–water partition coefficient (Wildman–Crippen LogP) is 2.54. The molecule has 1 aliphatic heterocycles. The summed E-state index contributed by atoms with van der Waals surface area (Å²) in [7, 11) is 0. The number of benzene rings is 1. The number of nitrogens with zero attached hydrogens (tertiary/aromatic N) is 6. The van der Waals surface area contributed by atoms with Crippen LogP contribution in [0.2, 0.25) is 0 Å². The predicted molar refractivity (Wildman–Crippen MR) is 113 cm³/mol. The first kappa shape index (κ1) is 21.0. The second-order valence-corrected chi connectivity index (χ2v) is 7.63. The van der Waals surface area contributed by atoms with E-state index in [0.29, 0.717) is 24.5 Å². The zero-order valence-electron chi connectivity index (χ0n) is 17.9. The molecule has 0 radical (unpaired) electrons. The minimum absolute atomic E-state index is 0.0739. The smallest absolute Gasteiger partial charge is 0.274 e. The lowest BCUT2D eigenvalue weighted by Gasteiger charge is -2.34. The number of ether oxygens (including phenoxy) is 1. The molecule has 1 saturated heterocycles. The van der Waals surface area contributed by atoms with Gasteiger partial charge in [0, 0.05) is 57.2 Å². The summed E-state index contributed by atoms with van der Waals surface area (Å²) < 4.78 is 22.1. The molecule has 3 aromatic rings. The third kappa shape index (κ3) is 5.11. The van der Waals surface area contributed by atoms with Gasteiger partial charge in [0.05, 0.1) is 5.69 Å². The average Bonchev–Trinajstić information content (AvgIpc) is 3.40. The van der Waals surface area contributed by atoms with E-state index in [9.17, 15) is 9.18 Å². The molecule has 4 rings (SSSR count). The molecule has 9 heteroatoms. The Hall–Kier alpha value is -3.20. The molecule has 0 aliphatic carbocycles. The van der Waals surface area contributed by atoms with Gasteiger partial charge < -0.3 is 9.64 Å². The first-order valence-corrected chi connectivity index (χ1v) is 10.5. The van der Waals surface area contributed by atoms with Crippen molar-refractivity contribution in [3.63, 3.8) is 0 Å². The molecule has 0 atom stereocenters. The van der Waals surface area contributed by atoms with Crippen molar-refractivity contribution < 1.29 is 13.9 Å². The van der Waals surface area contributed by atoms with Gasteiger partial charge in [-0.15, -0.1) is 0 Å². The number of hydrogen-bond donors (Lipinski definition) is 0. The van der Waals surface area contributed by atoms with Gasteiger partial charge in [0.2, 0.25) is 0 Å². The Labute approximate surface area is 180 Å². The summed E-state index contributed by atoms with van der Waals surface area (Å²) in [5, 5.41) is 8.84. The Morgan fingerprint density at radius 2 is 1.81 bits per heavy atom. The number of aromatic nitrogens is 4. The lowest BCUT2D eigenvalue weighted by Crippen LogP contribution is -2.48. The molecule has 0 unspecified atom stereocenters. The molecule has 164 valence electrons. The van der Waals surface area contributed by atoms with Crippen LogP contribution in [-0.4, -0.2) is 61.4 Å². The van der Waals surface area contributed by atoms with Crippen molar-refractivity contribution in [2.75, 3.05) is 26.2 Å². The van der Waals surface area contributed by atoms with E-state index >= 15 is 0 Å². The molecular formula is C22H27FN6O2. The third-order valence-corrected chi connectivity index (χ3v) is 5.46. The SMILES string of the molecule is CCn1cc(CN2CCN(C(=O)c3ccn(COc4ccc(F)cc4)n3)CC2)c(C)n1. The van der Waals surface area contributed by atoms with Crippen molar-refractivity contribution in [1.29, 1.82) is 0 Å². The van der Waals surface area contributed by atoms with Gasteiger partial charge in [0.1, 0.15) is 11.6 Å². The van der Waals surface area contributed by atoms with Crippen molar-refractivity contribution in [1.82, 2.24) is 29.4 Å². The number of rotatable bonds is 7. The lowest BCUT2D eigenvalue weighted by molar-refractivity contribution is 0.0620. The molecule has 1 aliphatic rings. The van der Waals surface area contributed by atoms with E-state index in [1.54, 1.807) is 29.1 Å². The Balaban J connectivity index is 1.27. The van der Waals surface area contributed by atoms with Crippen LogP contribution in [0.15, 0.2) is 42.7 Å². The summed E-state index contributed by atoms with van der Waals surface area (Å²) in [5.74, 6) is 0.154. The summed E-state index contributed by atoms with van der Waals surface area (Å²) >= 11 is 0. The maximum atomic E-state index is 13.0. The van der Waals surface area contributed by atoms with Crippen molar-refractivity contribution in [2.45, 2.75) is 33.7 Å². The molecule has 1 fully saturated rings. The second kappa shape index (κ2) is 9.30. The molecule has 0 spiro atoms. The molecule has 1 aromatic carbocycles. The van der Waals surface area contributed by atoms with Crippen LogP contribution in [-0.2, 0) is 19.8 Å². The first-order valence-electron chi connectivity index (χ1n) is 10.5. The maximum Gasteiger partial charge on any atom is 0.274 e. The van der Waals surface area contributed by atoms with Crippen molar-refractivity contribution in [3.8, 4) is 5.75 Å². The molecular weight excluding hydrogens is 399 g/mol. The van der Waals surface area contributed by atoms with E-state index < -0.39 is 0 Å². The van der Waals surface area contributed by atoms with Gasteiger partial charge in [0.15, 0.2) is 12.4 Å². The van der Waals surface area contributed by atoms with Crippen molar-refractivity contribution in [2.24, 2.45) is 0 Å². The van der Waals surface area contributed by atoms with E-state index in [0.717, 1.165) is 31.9 Å². The molecule has 3 heterocycles. The number of halogens is 1. The highest BCUT2D eigenvalue weighted by Crippen LogP contribution is 2.14. The van der Waals surface area contributed by atoms with Crippen LogP contribution in [0.25, 0.3) is 0 Å². The molecule has 1 amide bonds. The van der Waals surface area contributed by atoms with Gasteiger partial charge >= 0.3 is 0 Å². The van der Waals surface area contributed by atoms with Gasteiger partial charge in [-0.2, -0.15) is 10.2 Å². The average molecular weight is 426 g/mol. The van der Waals surface area contributed by atoms with E-state index in [2.05, 4.69) is 28.2 Å². The highest BCUT2D eigenvalue weighted by molar-refractivity contribution is 5.92. The fraction of sp³-hybridized carbons (Fsp3) is 0.409. The summed E-state index contributed by atoms with van der Waals surface area (Å²) in [6, 6.07) is 7.48. The van der Waals surface area contributed by atoms with Crippen molar-refractivity contribution >= 4 is 5.91 Å². The van der Waals surface area contributed by atoms with Gasteiger partial charge in [-0.1, -0.05) is 0 Å². The van der Waals surface area contributed by atoms with E-state index in [1.165, 1.54) is 17.7 Å². The third-order valence-electron chi connectivity index (χ3n) is 5.46. The van der Waals surface area contributed by atoms with Crippen LogP contribution in [0.1, 0.15) is 28.7 Å². The van der Waals surface area contributed by atoms with Crippen LogP contribution in [0.4, 0.5) is 4.39 Å². The Morgan fingerprint density at radius 1 is 1.06 bits per heavy atom. The van der Waals surface area contributed by atoms with Crippen LogP contribution in [0, 0.1) is 12.7 Å². The quantitative estimate of drug-likeness (QED) is 0.581. The van der Waals surface area contributed by atoms with Crippen LogP contribution in [0.5, 0.6) is 5.75 Å². The summed E-state index contributed by atoms with van der Waals surface area (Å²) in [6.45, 7) is 8.95. The van der Waals surface area contributed by atoms with E-state index in [1.807, 2.05) is 16.5 Å². The fourth-order valence-corrected chi connectivity index (χ4v) is 3.61. The molecule has 0 saturated carbocycles. The summed E-state index contributed by atoms with van der Waals surface area (Å²) in [6.07, 6.45) is 3.81. The number of piperazine rings is 1. The summed E-state index contributed by atoms with van der Waals surface area (Å²) in [4.78, 5) is 17.0. The number of hydrogen-bond acceptors (Lipinski definition) is 5. The van der Waals surface area contributed by atoms with Crippen LogP contribution >= 0.6 is 0 Å². The van der Waals surface area contributed by atoms with Gasteiger partial charge in [0.25, 0.3) is 5.91 Å². The normalized spacial score (nSPS) is 14.7. The molecule has 0 N–H and O–H groups in total. The molecule has 0 bridgehead atoms. The fourth-order valence-electron chi connectivity index (χ4n) is 3.61. The number of aryl methyl sites for hydroxylation is 2. The number of amides is 1. The zero-order valence-corrected chi connectivity index (χ0v) is 17.9. The highest BCUT2D eigenvalue weighted by Gasteiger charge is 2.24. The van der Waals surface area contributed by atoms with Gasteiger partial charge in [-0.3, -0.25) is 14.4 Å². The Bertz CT molecular complexity index is 1020. The van der Waals surface area contributed by atoms with E-state index in [4.69, 9.17) is 4.74 Å². The Morgan fingerprint density at radius 3 is 2.48 bits per heavy atom. The highest BCUT2D eigenvalue weighted by atomic mass is 19.1.